The number of methoxy groups -OCH3 is 2. The fraction of sp³-hybridized carbons (Fsp3) is 0.294. The van der Waals surface area contributed by atoms with Crippen molar-refractivity contribution in [1.82, 2.24) is 0 Å². The van der Waals surface area contributed by atoms with E-state index in [0.717, 1.165) is 16.8 Å². The standard InChI is InChI=1S/C17H19NO3/c1-20-16-8-7-11(9-17(16)21-2)14-10-15(19)12-5-3-4-6-13(12)18-14/h3-9,14-15,18-19H,10H2,1-2H3/t14-,15+/m0/s1. The number of nitrogens with one attached hydrogen (secondary N) is 1. The second-order valence-electron chi connectivity index (χ2n) is 5.15. The molecule has 2 atom stereocenters. The lowest BCUT2D eigenvalue weighted by molar-refractivity contribution is 0.156. The van der Waals surface area contributed by atoms with E-state index in [-0.39, 0.29) is 6.04 Å². The highest BCUT2D eigenvalue weighted by molar-refractivity contribution is 5.57. The van der Waals surface area contributed by atoms with Gasteiger partial charge in [0.05, 0.1) is 26.4 Å². The smallest absolute Gasteiger partial charge is 0.161 e. The van der Waals surface area contributed by atoms with E-state index in [1.165, 1.54) is 0 Å². The Morgan fingerprint density at radius 3 is 2.57 bits per heavy atom. The Kier molecular flexibility index (Phi) is 3.71. The molecule has 0 bridgehead atoms. The fourth-order valence-corrected chi connectivity index (χ4v) is 2.80. The summed E-state index contributed by atoms with van der Waals surface area (Å²) in [5.74, 6) is 1.41. The van der Waals surface area contributed by atoms with Gasteiger partial charge in [0, 0.05) is 17.7 Å². The van der Waals surface area contributed by atoms with Crippen molar-refractivity contribution in [2.24, 2.45) is 0 Å². The molecule has 0 spiro atoms. The first-order valence-corrected chi connectivity index (χ1v) is 6.98. The Bertz CT molecular complexity index is 642. The van der Waals surface area contributed by atoms with E-state index < -0.39 is 6.10 Å². The Hall–Kier alpha value is -2.20. The van der Waals surface area contributed by atoms with Crippen LogP contribution in [0.4, 0.5) is 5.69 Å². The van der Waals surface area contributed by atoms with Crippen LogP contribution in [0, 0.1) is 0 Å². The summed E-state index contributed by atoms with van der Waals surface area (Å²) in [5.41, 5.74) is 3.01. The van der Waals surface area contributed by atoms with Gasteiger partial charge in [-0.25, -0.2) is 0 Å². The van der Waals surface area contributed by atoms with Gasteiger partial charge in [-0.2, -0.15) is 0 Å². The van der Waals surface area contributed by atoms with E-state index in [0.29, 0.717) is 17.9 Å². The van der Waals surface area contributed by atoms with Crippen LogP contribution in [0.1, 0.15) is 29.7 Å². The van der Waals surface area contributed by atoms with Crippen LogP contribution in [0.5, 0.6) is 11.5 Å². The van der Waals surface area contributed by atoms with Gasteiger partial charge in [-0.3, -0.25) is 0 Å². The first-order chi connectivity index (χ1) is 10.2. The summed E-state index contributed by atoms with van der Waals surface area (Å²) < 4.78 is 10.6. The maximum absolute atomic E-state index is 10.3. The molecule has 1 aliphatic heterocycles. The van der Waals surface area contributed by atoms with Gasteiger partial charge in [-0.05, 0) is 23.8 Å². The van der Waals surface area contributed by atoms with Crippen LogP contribution >= 0.6 is 0 Å². The molecule has 2 aromatic rings. The highest BCUT2D eigenvalue weighted by atomic mass is 16.5. The monoisotopic (exact) mass is 285 g/mol. The third-order valence-electron chi connectivity index (χ3n) is 3.92. The highest BCUT2D eigenvalue weighted by Gasteiger charge is 2.26. The first-order valence-electron chi connectivity index (χ1n) is 6.98. The zero-order chi connectivity index (χ0) is 14.8. The highest BCUT2D eigenvalue weighted by Crippen LogP contribution is 2.40. The maximum Gasteiger partial charge on any atom is 0.161 e. The predicted octanol–water partition coefficient (Wildman–Crippen LogP) is 3.29. The molecule has 3 rings (SSSR count). The lowest BCUT2D eigenvalue weighted by Gasteiger charge is -2.31. The number of benzene rings is 2. The summed E-state index contributed by atoms with van der Waals surface area (Å²) in [6, 6.07) is 13.8. The van der Waals surface area contributed by atoms with Gasteiger partial charge in [0.2, 0.25) is 0 Å². The molecule has 2 aromatic carbocycles. The van der Waals surface area contributed by atoms with Gasteiger partial charge in [0.25, 0.3) is 0 Å². The summed E-state index contributed by atoms with van der Waals surface area (Å²) in [4.78, 5) is 0. The third kappa shape index (κ3) is 2.54. The van der Waals surface area contributed by atoms with E-state index in [9.17, 15) is 5.11 Å². The van der Waals surface area contributed by atoms with Crippen molar-refractivity contribution in [3.63, 3.8) is 0 Å². The number of fused-ring (bicyclic) bond motifs is 1. The maximum atomic E-state index is 10.3. The lowest BCUT2D eigenvalue weighted by atomic mass is 9.91. The van der Waals surface area contributed by atoms with Gasteiger partial charge in [-0.15, -0.1) is 0 Å². The van der Waals surface area contributed by atoms with Crippen LogP contribution < -0.4 is 14.8 Å². The number of aliphatic hydroxyl groups excluding tert-OH is 1. The molecule has 21 heavy (non-hydrogen) atoms. The zero-order valence-corrected chi connectivity index (χ0v) is 12.2. The Morgan fingerprint density at radius 1 is 1.05 bits per heavy atom. The molecule has 0 aromatic heterocycles. The Balaban J connectivity index is 1.92. The summed E-state index contributed by atoms with van der Waals surface area (Å²) in [6.07, 6.45) is 0.174. The SMILES string of the molecule is COc1ccc([C@@H]2C[C@@H](O)c3ccccc3N2)cc1OC. The molecule has 0 radical (unpaired) electrons. The Morgan fingerprint density at radius 2 is 1.81 bits per heavy atom. The molecule has 0 saturated heterocycles. The number of anilines is 1. The number of hydrogen-bond donors (Lipinski definition) is 2. The van der Waals surface area contributed by atoms with Crippen molar-refractivity contribution in [1.29, 1.82) is 0 Å². The molecule has 1 aliphatic rings. The predicted molar refractivity (Wildman–Crippen MR) is 81.9 cm³/mol. The molecule has 4 nitrogen and oxygen atoms in total. The summed E-state index contributed by atoms with van der Waals surface area (Å²) in [7, 11) is 3.25. The topological polar surface area (TPSA) is 50.7 Å². The van der Waals surface area contributed by atoms with E-state index in [1.807, 2.05) is 42.5 Å². The molecule has 0 amide bonds. The number of aliphatic hydroxyl groups is 1. The van der Waals surface area contributed by atoms with Crippen molar-refractivity contribution >= 4 is 5.69 Å². The van der Waals surface area contributed by atoms with Crippen LogP contribution in [0.25, 0.3) is 0 Å². The van der Waals surface area contributed by atoms with Crippen molar-refractivity contribution in [3.05, 3.63) is 53.6 Å². The quantitative estimate of drug-likeness (QED) is 0.908. The van der Waals surface area contributed by atoms with Crippen LogP contribution in [0.3, 0.4) is 0 Å². The molecule has 4 heteroatoms. The number of ether oxygens (including phenoxy) is 2. The van der Waals surface area contributed by atoms with Gasteiger partial charge in [0.15, 0.2) is 11.5 Å². The minimum Gasteiger partial charge on any atom is -0.493 e. The second kappa shape index (κ2) is 5.66. The normalized spacial score (nSPS) is 20.3. The summed E-state index contributed by atoms with van der Waals surface area (Å²) in [5, 5.41) is 13.8. The van der Waals surface area contributed by atoms with Gasteiger partial charge < -0.3 is 19.9 Å². The second-order valence-corrected chi connectivity index (χ2v) is 5.15. The van der Waals surface area contributed by atoms with Gasteiger partial charge >= 0.3 is 0 Å². The average Bonchev–Trinajstić information content (AvgIpc) is 2.54. The zero-order valence-electron chi connectivity index (χ0n) is 12.2. The number of para-hydroxylation sites is 1. The number of hydrogen-bond acceptors (Lipinski definition) is 4. The molecular weight excluding hydrogens is 266 g/mol. The van der Waals surface area contributed by atoms with Crippen molar-refractivity contribution in [2.75, 3.05) is 19.5 Å². The molecule has 0 fully saturated rings. The summed E-state index contributed by atoms with van der Waals surface area (Å²) >= 11 is 0. The Labute approximate surface area is 124 Å². The minimum absolute atomic E-state index is 0.0507. The molecule has 2 N–H and O–H groups in total. The van der Waals surface area contributed by atoms with E-state index in [4.69, 9.17) is 9.47 Å². The van der Waals surface area contributed by atoms with Crippen molar-refractivity contribution in [2.45, 2.75) is 18.6 Å². The average molecular weight is 285 g/mol. The van der Waals surface area contributed by atoms with Crippen LogP contribution in [-0.2, 0) is 0 Å². The minimum atomic E-state index is -0.458. The largest absolute Gasteiger partial charge is 0.493 e. The molecule has 0 unspecified atom stereocenters. The summed E-state index contributed by atoms with van der Waals surface area (Å²) in [6.45, 7) is 0. The molecule has 1 heterocycles. The third-order valence-corrected chi connectivity index (χ3v) is 3.92. The van der Waals surface area contributed by atoms with E-state index in [2.05, 4.69) is 5.32 Å². The number of rotatable bonds is 3. The first kappa shape index (κ1) is 13.8. The molecule has 110 valence electrons. The van der Waals surface area contributed by atoms with Crippen LogP contribution in [0.2, 0.25) is 0 Å². The van der Waals surface area contributed by atoms with Crippen LogP contribution in [0.15, 0.2) is 42.5 Å². The van der Waals surface area contributed by atoms with E-state index in [1.54, 1.807) is 14.2 Å². The van der Waals surface area contributed by atoms with Crippen molar-refractivity contribution < 1.29 is 14.6 Å². The van der Waals surface area contributed by atoms with Crippen molar-refractivity contribution in [3.8, 4) is 11.5 Å². The van der Waals surface area contributed by atoms with E-state index >= 15 is 0 Å². The lowest BCUT2D eigenvalue weighted by Crippen LogP contribution is -2.21. The van der Waals surface area contributed by atoms with Gasteiger partial charge in [0.1, 0.15) is 0 Å². The van der Waals surface area contributed by atoms with Gasteiger partial charge in [-0.1, -0.05) is 24.3 Å². The van der Waals surface area contributed by atoms with Crippen LogP contribution in [-0.4, -0.2) is 19.3 Å². The fourth-order valence-electron chi connectivity index (χ4n) is 2.80. The molecule has 0 aliphatic carbocycles. The molecular formula is C17H19NO3. The molecule has 0 saturated carbocycles.